The highest BCUT2D eigenvalue weighted by Gasteiger charge is 2.30. The van der Waals surface area contributed by atoms with Crippen LogP contribution in [0.4, 0.5) is 0 Å². The average Bonchev–Trinajstić information content (AvgIpc) is 3.24. The Bertz CT molecular complexity index is 1230. The van der Waals surface area contributed by atoms with Crippen LogP contribution in [0.1, 0.15) is 49.7 Å². The largest absolute Gasteiger partial charge is 0.508 e. The third-order valence-corrected chi connectivity index (χ3v) is 7.84. The van der Waals surface area contributed by atoms with Crippen LogP contribution in [0.25, 0.3) is 11.1 Å². The summed E-state index contributed by atoms with van der Waals surface area (Å²) in [6.07, 6.45) is 5.06. The summed E-state index contributed by atoms with van der Waals surface area (Å²) in [4.78, 5) is 40.0. The topological polar surface area (TPSA) is 192 Å². The number of carbonyl (C=O) groups is 3. The number of phenols is 2. The molecular formula is C30H42N6O5. The van der Waals surface area contributed by atoms with Crippen LogP contribution in [0.15, 0.2) is 36.4 Å². The van der Waals surface area contributed by atoms with Gasteiger partial charge in [-0.15, -0.1) is 0 Å². The fraction of sp³-hybridized carbons (Fsp3) is 0.500. The molecule has 4 rings (SSSR count). The van der Waals surface area contributed by atoms with Gasteiger partial charge in [0.15, 0.2) is 0 Å². The van der Waals surface area contributed by atoms with Gasteiger partial charge in [-0.25, -0.2) is 0 Å². The number of nitrogens with two attached hydrogens (primary N) is 2. The van der Waals surface area contributed by atoms with Crippen molar-refractivity contribution in [3.63, 3.8) is 0 Å². The molecule has 0 aliphatic carbocycles. The minimum atomic E-state index is -1.03. The van der Waals surface area contributed by atoms with Crippen LogP contribution in [0.5, 0.6) is 11.5 Å². The van der Waals surface area contributed by atoms with Crippen molar-refractivity contribution in [3.8, 4) is 22.6 Å². The molecule has 11 nitrogen and oxygen atoms in total. The van der Waals surface area contributed by atoms with Gasteiger partial charge >= 0.3 is 0 Å². The number of phenolic OH excluding ortho intramolecular Hbond substituents is 2. The number of benzene rings is 2. The van der Waals surface area contributed by atoms with Crippen LogP contribution >= 0.6 is 0 Å². The SMILES string of the molecule is NCCC[C@@H]1NC(=O)[C@H](N)Cc2cc(ccc2O)-c2ccc(O)c(c2)C[C@@H](C(=O)NCC2CCCCCN2)NC1=O. The maximum Gasteiger partial charge on any atom is 0.243 e. The molecule has 2 aromatic rings. The van der Waals surface area contributed by atoms with E-state index in [0.29, 0.717) is 30.6 Å². The van der Waals surface area contributed by atoms with Crippen LogP contribution < -0.4 is 32.7 Å². The van der Waals surface area contributed by atoms with E-state index in [9.17, 15) is 24.6 Å². The number of hydrogen-bond donors (Lipinski definition) is 8. The molecule has 0 spiro atoms. The minimum Gasteiger partial charge on any atom is -0.508 e. The molecule has 2 aromatic carbocycles. The molecule has 2 aliphatic heterocycles. The van der Waals surface area contributed by atoms with Crippen molar-refractivity contribution in [2.45, 2.75) is 75.5 Å². The number of nitrogens with one attached hydrogen (secondary N) is 4. The van der Waals surface area contributed by atoms with Gasteiger partial charge in [-0.05, 0) is 85.3 Å². The zero-order valence-electron chi connectivity index (χ0n) is 23.3. The summed E-state index contributed by atoms with van der Waals surface area (Å²) in [6.45, 7) is 1.62. The third kappa shape index (κ3) is 8.18. The Labute approximate surface area is 240 Å². The van der Waals surface area contributed by atoms with Crippen LogP contribution in [0.2, 0.25) is 0 Å². The average molecular weight is 567 g/mol. The van der Waals surface area contributed by atoms with E-state index in [1.165, 1.54) is 6.07 Å². The molecule has 2 heterocycles. The van der Waals surface area contributed by atoms with E-state index in [0.717, 1.165) is 43.4 Å². The molecule has 3 amide bonds. The van der Waals surface area contributed by atoms with Crippen molar-refractivity contribution in [3.05, 3.63) is 47.5 Å². The summed E-state index contributed by atoms with van der Waals surface area (Å²) < 4.78 is 0. The Morgan fingerprint density at radius 2 is 1.61 bits per heavy atom. The second-order valence-corrected chi connectivity index (χ2v) is 11.0. The van der Waals surface area contributed by atoms with E-state index in [1.807, 2.05) is 0 Å². The summed E-state index contributed by atoms with van der Waals surface area (Å²) in [5.41, 5.74) is 14.3. The number of aromatic hydroxyl groups is 2. The number of fused-ring (bicyclic) bond motifs is 5. The molecule has 0 aromatic heterocycles. The standard InChI is InChI=1S/C30H42N6O5/c31-11-4-6-24-30(41)36-25(29(40)34-17-22-5-2-1-3-12-33-22)16-21-14-19(8-10-27(21)38)18-7-9-26(37)20(13-18)15-23(32)28(39)35-24/h7-10,13-14,22-25,33,37-38H,1-6,11-12,15-17,31-32H2,(H,34,40)(H,35,39)(H,36,41)/t22?,23-,24+,25+/m1/s1. The third-order valence-electron chi connectivity index (χ3n) is 7.84. The summed E-state index contributed by atoms with van der Waals surface area (Å²) in [5, 5.41) is 33.1. The summed E-state index contributed by atoms with van der Waals surface area (Å²) in [7, 11) is 0. The number of hydrogen-bond acceptors (Lipinski definition) is 8. The van der Waals surface area contributed by atoms with Gasteiger partial charge in [-0.3, -0.25) is 14.4 Å². The van der Waals surface area contributed by atoms with Gasteiger partial charge in [0, 0.05) is 25.4 Å². The monoisotopic (exact) mass is 566 g/mol. The second-order valence-electron chi connectivity index (χ2n) is 11.0. The first-order valence-electron chi connectivity index (χ1n) is 14.5. The van der Waals surface area contributed by atoms with Crippen molar-refractivity contribution in [2.75, 3.05) is 19.6 Å². The predicted molar refractivity (Wildman–Crippen MR) is 156 cm³/mol. The van der Waals surface area contributed by atoms with Crippen molar-refractivity contribution in [2.24, 2.45) is 11.5 Å². The number of carbonyl (C=O) groups excluding carboxylic acids is 3. The molecule has 10 N–H and O–H groups in total. The summed E-state index contributed by atoms with van der Waals surface area (Å²) in [6, 6.07) is 7.17. The first kappa shape index (κ1) is 30.3. The normalized spacial score (nSPS) is 23.8. The molecule has 11 heteroatoms. The van der Waals surface area contributed by atoms with Gasteiger partial charge in [0.2, 0.25) is 17.7 Å². The van der Waals surface area contributed by atoms with E-state index in [4.69, 9.17) is 11.5 Å². The van der Waals surface area contributed by atoms with Crippen molar-refractivity contribution >= 4 is 17.7 Å². The molecule has 1 fully saturated rings. The van der Waals surface area contributed by atoms with Crippen LogP contribution in [0, 0.1) is 0 Å². The number of amides is 3. The minimum absolute atomic E-state index is 0.00219. The predicted octanol–water partition coefficient (Wildman–Crippen LogP) is 0.548. The van der Waals surface area contributed by atoms with Gasteiger partial charge in [0.05, 0.1) is 6.04 Å². The molecular weight excluding hydrogens is 524 g/mol. The van der Waals surface area contributed by atoms with Crippen molar-refractivity contribution in [1.29, 1.82) is 0 Å². The Hall–Kier alpha value is -3.67. The van der Waals surface area contributed by atoms with Gasteiger partial charge in [0.25, 0.3) is 0 Å². The molecule has 4 bridgehead atoms. The number of rotatable bonds is 6. The quantitative estimate of drug-likeness (QED) is 0.248. The second kappa shape index (κ2) is 14.3. The maximum absolute atomic E-state index is 13.5. The molecule has 4 atom stereocenters. The molecule has 41 heavy (non-hydrogen) atoms. The van der Waals surface area contributed by atoms with E-state index in [1.54, 1.807) is 30.3 Å². The van der Waals surface area contributed by atoms with Gasteiger partial charge in [0.1, 0.15) is 23.6 Å². The fourth-order valence-corrected chi connectivity index (χ4v) is 5.38. The maximum atomic E-state index is 13.5. The fourth-order valence-electron chi connectivity index (χ4n) is 5.38. The molecule has 2 aliphatic rings. The van der Waals surface area contributed by atoms with Gasteiger partial charge in [-0.1, -0.05) is 25.0 Å². The first-order valence-corrected chi connectivity index (χ1v) is 14.5. The van der Waals surface area contributed by atoms with Crippen LogP contribution in [0.3, 0.4) is 0 Å². The Morgan fingerprint density at radius 1 is 0.927 bits per heavy atom. The lowest BCUT2D eigenvalue weighted by Gasteiger charge is -2.25. The van der Waals surface area contributed by atoms with E-state index in [2.05, 4.69) is 21.3 Å². The molecule has 0 saturated carbocycles. The summed E-state index contributed by atoms with van der Waals surface area (Å²) in [5.74, 6) is -1.49. The highest BCUT2D eigenvalue weighted by molar-refractivity contribution is 5.93. The Morgan fingerprint density at radius 3 is 2.29 bits per heavy atom. The van der Waals surface area contributed by atoms with Gasteiger partial charge in [-0.2, -0.15) is 0 Å². The summed E-state index contributed by atoms with van der Waals surface area (Å²) >= 11 is 0. The van der Waals surface area contributed by atoms with Crippen molar-refractivity contribution in [1.82, 2.24) is 21.3 Å². The lowest BCUT2D eigenvalue weighted by molar-refractivity contribution is -0.132. The molecule has 0 radical (unpaired) electrons. The zero-order valence-corrected chi connectivity index (χ0v) is 23.3. The van der Waals surface area contributed by atoms with E-state index >= 15 is 0 Å². The smallest absolute Gasteiger partial charge is 0.243 e. The van der Waals surface area contributed by atoms with Gasteiger partial charge < -0.3 is 42.9 Å². The van der Waals surface area contributed by atoms with E-state index in [-0.39, 0.29) is 42.7 Å². The van der Waals surface area contributed by atoms with Crippen LogP contribution in [-0.4, -0.2) is 71.7 Å². The lowest BCUT2D eigenvalue weighted by Crippen LogP contribution is -2.57. The molecule has 1 saturated heterocycles. The lowest BCUT2D eigenvalue weighted by atomic mass is 9.95. The highest BCUT2D eigenvalue weighted by atomic mass is 16.3. The first-order chi connectivity index (χ1) is 19.7. The van der Waals surface area contributed by atoms with Crippen LogP contribution in [-0.2, 0) is 27.2 Å². The molecule has 1 unspecified atom stereocenters. The zero-order chi connectivity index (χ0) is 29.4. The molecule has 222 valence electrons. The van der Waals surface area contributed by atoms with E-state index < -0.39 is 29.9 Å². The Balaban J connectivity index is 1.68. The highest BCUT2D eigenvalue weighted by Crippen LogP contribution is 2.31. The van der Waals surface area contributed by atoms with Crippen molar-refractivity contribution < 1.29 is 24.6 Å². The Kier molecular flexibility index (Phi) is 10.6.